The molecule has 2 aliphatic rings. The summed E-state index contributed by atoms with van der Waals surface area (Å²) in [5.41, 5.74) is 6.74. The first-order chi connectivity index (χ1) is 17.8. The van der Waals surface area contributed by atoms with Gasteiger partial charge in [-0.25, -0.2) is 9.78 Å². The van der Waals surface area contributed by atoms with Crippen molar-refractivity contribution in [2.45, 2.75) is 85.9 Å². The summed E-state index contributed by atoms with van der Waals surface area (Å²) in [6.45, 7) is 15.7. The molecule has 38 heavy (non-hydrogen) atoms. The molecule has 3 aromatic rings. The Morgan fingerprint density at radius 1 is 1.05 bits per heavy atom. The third-order valence-electron chi connectivity index (χ3n) is 7.61. The van der Waals surface area contributed by atoms with Crippen LogP contribution in [0.1, 0.15) is 82.7 Å². The number of fused-ring (bicyclic) bond motifs is 2. The minimum absolute atomic E-state index is 0.0471. The lowest BCUT2D eigenvalue weighted by Gasteiger charge is -2.36. The molecular formula is C31H40N4O3. The number of nitrogens with zero attached hydrogens (tertiary/aromatic N) is 3. The summed E-state index contributed by atoms with van der Waals surface area (Å²) in [6.07, 6.45) is 6.24. The van der Waals surface area contributed by atoms with Crippen LogP contribution in [0, 0.1) is 12.3 Å². The van der Waals surface area contributed by atoms with Crippen LogP contribution in [-0.2, 0) is 22.5 Å². The van der Waals surface area contributed by atoms with Crippen LogP contribution in [0.25, 0.3) is 22.2 Å². The Labute approximate surface area is 225 Å². The highest BCUT2D eigenvalue weighted by atomic mass is 16.6. The van der Waals surface area contributed by atoms with E-state index in [0.29, 0.717) is 19.6 Å². The minimum atomic E-state index is -0.547. The van der Waals surface area contributed by atoms with Crippen LogP contribution in [0.5, 0.6) is 0 Å². The number of benzene rings is 1. The Kier molecular flexibility index (Phi) is 6.52. The SMILES string of the molecule is Cc1c[nH]c2ncc(-c3cc4c(c([C@@H]5CCCN5C(=O)OC(C)(C)C)c3)CCN(C(=O)C(C)(C)C)C4)cc12. The topological polar surface area (TPSA) is 78.5 Å². The van der Waals surface area contributed by atoms with E-state index in [2.05, 4.69) is 35.1 Å². The molecule has 7 heteroatoms. The van der Waals surface area contributed by atoms with Crippen molar-refractivity contribution in [3.05, 3.63) is 52.8 Å². The smallest absolute Gasteiger partial charge is 0.410 e. The minimum Gasteiger partial charge on any atom is -0.444 e. The number of amides is 2. The molecule has 0 bridgehead atoms. The lowest BCUT2D eigenvalue weighted by atomic mass is 9.85. The molecule has 1 saturated heterocycles. The number of ether oxygens (including phenoxy) is 1. The maximum Gasteiger partial charge on any atom is 0.410 e. The number of carbonyl (C=O) groups is 2. The average molecular weight is 517 g/mol. The highest BCUT2D eigenvalue weighted by Crippen LogP contribution is 2.40. The van der Waals surface area contributed by atoms with Gasteiger partial charge in [0.2, 0.25) is 5.91 Å². The normalized spacial score (nSPS) is 18.1. The summed E-state index contributed by atoms with van der Waals surface area (Å²) >= 11 is 0. The molecule has 5 rings (SSSR count). The van der Waals surface area contributed by atoms with Gasteiger partial charge in [-0.2, -0.15) is 0 Å². The predicted molar refractivity (Wildman–Crippen MR) is 150 cm³/mol. The number of H-pyrrole nitrogens is 1. The van der Waals surface area contributed by atoms with Crippen molar-refractivity contribution in [2.75, 3.05) is 13.1 Å². The van der Waals surface area contributed by atoms with Crippen molar-refractivity contribution in [1.29, 1.82) is 0 Å². The van der Waals surface area contributed by atoms with Gasteiger partial charge < -0.3 is 19.5 Å². The van der Waals surface area contributed by atoms with Crippen molar-refractivity contribution in [2.24, 2.45) is 5.41 Å². The predicted octanol–water partition coefficient (Wildman–Crippen LogP) is 6.54. The number of hydrogen-bond acceptors (Lipinski definition) is 4. The highest BCUT2D eigenvalue weighted by Gasteiger charge is 2.37. The molecule has 1 atom stereocenters. The number of hydrogen-bond donors (Lipinski definition) is 1. The third kappa shape index (κ3) is 5.03. The molecule has 0 saturated carbocycles. The van der Waals surface area contributed by atoms with Gasteiger partial charge in [0.05, 0.1) is 6.04 Å². The zero-order valence-corrected chi connectivity index (χ0v) is 23.8. The van der Waals surface area contributed by atoms with Crippen molar-refractivity contribution in [3.8, 4) is 11.1 Å². The van der Waals surface area contributed by atoms with E-state index in [9.17, 15) is 9.59 Å². The van der Waals surface area contributed by atoms with Crippen LogP contribution in [0.2, 0.25) is 0 Å². The van der Waals surface area contributed by atoms with Crippen LogP contribution in [0.4, 0.5) is 4.79 Å². The van der Waals surface area contributed by atoms with E-state index in [1.165, 1.54) is 11.1 Å². The summed E-state index contributed by atoms with van der Waals surface area (Å²) in [5, 5.41) is 1.10. The maximum atomic E-state index is 13.2. The van der Waals surface area contributed by atoms with E-state index in [0.717, 1.165) is 52.5 Å². The number of likely N-dealkylation sites (tertiary alicyclic amines) is 1. The first-order valence-electron chi connectivity index (χ1n) is 13.7. The molecule has 0 aliphatic carbocycles. The molecule has 1 aromatic carbocycles. The van der Waals surface area contributed by atoms with Crippen molar-refractivity contribution in [3.63, 3.8) is 0 Å². The molecule has 0 unspecified atom stereocenters. The summed E-state index contributed by atoms with van der Waals surface area (Å²) in [4.78, 5) is 38.2. The van der Waals surface area contributed by atoms with Crippen LogP contribution in [0.3, 0.4) is 0 Å². The summed E-state index contributed by atoms with van der Waals surface area (Å²) in [7, 11) is 0. The fourth-order valence-corrected chi connectivity index (χ4v) is 5.77. The van der Waals surface area contributed by atoms with E-state index in [-0.39, 0.29) is 18.0 Å². The standard InChI is InChI=1S/C31H40N4O3/c1-19-16-32-27-24(19)15-21(17-33-27)20-13-22-18-34(28(36)30(2,3)4)12-10-23(22)25(14-20)26-9-8-11-35(26)29(37)38-31(5,6)7/h13-17,26H,8-12,18H2,1-7H3,(H,32,33)/t26-/m0/s1. The molecule has 2 amide bonds. The van der Waals surface area contributed by atoms with Gasteiger partial charge in [0.1, 0.15) is 11.2 Å². The van der Waals surface area contributed by atoms with Crippen LogP contribution in [0.15, 0.2) is 30.6 Å². The monoisotopic (exact) mass is 516 g/mol. The molecule has 4 heterocycles. The van der Waals surface area contributed by atoms with Crippen LogP contribution in [-0.4, -0.2) is 50.5 Å². The van der Waals surface area contributed by atoms with E-state index >= 15 is 0 Å². The fraction of sp³-hybridized carbons (Fsp3) is 0.516. The summed E-state index contributed by atoms with van der Waals surface area (Å²) in [5.74, 6) is 0.164. The Bertz CT molecular complexity index is 1390. The first-order valence-corrected chi connectivity index (χ1v) is 13.7. The van der Waals surface area contributed by atoms with Gasteiger partial charge in [0.15, 0.2) is 0 Å². The highest BCUT2D eigenvalue weighted by molar-refractivity contribution is 5.85. The third-order valence-corrected chi connectivity index (χ3v) is 7.61. The molecule has 2 aliphatic heterocycles. The van der Waals surface area contributed by atoms with E-state index in [1.807, 2.05) is 63.7 Å². The van der Waals surface area contributed by atoms with Gasteiger partial charge in [-0.05, 0) is 93.0 Å². The molecular weight excluding hydrogens is 476 g/mol. The quantitative estimate of drug-likeness (QED) is 0.419. The number of aromatic nitrogens is 2. The zero-order valence-electron chi connectivity index (χ0n) is 23.8. The largest absolute Gasteiger partial charge is 0.444 e. The molecule has 0 radical (unpaired) electrons. The van der Waals surface area contributed by atoms with Gasteiger partial charge in [-0.3, -0.25) is 4.79 Å². The average Bonchev–Trinajstić information content (AvgIpc) is 3.48. The van der Waals surface area contributed by atoms with E-state index in [1.54, 1.807) is 0 Å². The number of rotatable bonds is 2. The van der Waals surface area contributed by atoms with Gasteiger partial charge >= 0.3 is 6.09 Å². The Morgan fingerprint density at radius 3 is 2.53 bits per heavy atom. The van der Waals surface area contributed by atoms with Crippen LogP contribution < -0.4 is 0 Å². The number of aromatic amines is 1. The van der Waals surface area contributed by atoms with Gasteiger partial charge in [-0.1, -0.05) is 20.8 Å². The fourth-order valence-electron chi connectivity index (χ4n) is 5.77. The first kappa shape index (κ1) is 26.3. The van der Waals surface area contributed by atoms with Crippen molar-refractivity contribution in [1.82, 2.24) is 19.8 Å². The number of aryl methyl sites for hydroxylation is 1. The zero-order chi connectivity index (χ0) is 27.4. The number of carbonyl (C=O) groups excluding carboxylic acids is 2. The lowest BCUT2D eigenvalue weighted by molar-refractivity contribution is -0.140. The summed E-state index contributed by atoms with van der Waals surface area (Å²) in [6, 6.07) is 6.60. The van der Waals surface area contributed by atoms with Crippen molar-refractivity contribution >= 4 is 23.0 Å². The second-order valence-corrected chi connectivity index (χ2v) is 12.9. The Balaban J connectivity index is 1.60. The maximum absolute atomic E-state index is 13.2. The van der Waals surface area contributed by atoms with E-state index in [4.69, 9.17) is 4.74 Å². The lowest BCUT2D eigenvalue weighted by Crippen LogP contribution is -2.43. The molecule has 202 valence electrons. The molecule has 7 nitrogen and oxygen atoms in total. The second kappa shape index (κ2) is 9.44. The van der Waals surface area contributed by atoms with Gasteiger partial charge in [0.25, 0.3) is 0 Å². The molecule has 1 fully saturated rings. The van der Waals surface area contributed by atoms with E-state index < -0.39 is 11.0 Å². The Morgan fingerprint density at radius 2 is 1.82 bits per heavy atom. The van der Waals surface area contributed by atoms with Gasteiger partial charge in [0, 0.05) is 48.4 Å². The number of nitrogens with one attached hydrogen (secondary N) is 1. The van der Waals surface area contributed by atoms with Gasteiger partial charge in [-0.15, -0.1) is 0 Å². The Hall–Kier alpha value is -3.35. The molecule has 0 spiro atoms. The second-order valence-electron chi connectivity index (χ2n) is 12.9. The van der Waals surface area contributed by atoms with Crippen LogP contribution >= 0.6 is 0 Å². The summed E-state index contributed by atoms with van der Waals surface area (Å²) < 4.78 is 5.79. The molecule has 1 N–H and O–H groups in total. The number of pyridine rings is 1. The molecule has 2 aromatic heterocycles. The van der Waals surface area contributed by atoms with Crippen molar-refractivity contribution < 1.29 is 14.3 Å².